The van der Waals surface area contributed by atoms with Crippen LogP contribution in [0.15, 0.2) is 17.2 Å². The highest BCUT2D eigenvalue weighted by atomic mass is 16.2. The lowest BCUT2D eigenvalue weighted by molar-refractivity contribution is -0.135. The molecule has 4 rings (SSSR count). The summed E-state index contributed by atoms with van der Waals surface area (Å²) in [5.74, 6) is 0.0615. The van der Waals surface area contributed by atoms with E-state index in [9.17, 15) is 9.59 Å². The number of fused-ring (bicyclic) bond motifs is 3. The Morgan fingerprint density at radius 1 is 1.20 bits per heavy atom. The fourth-order valence-electron chi connectivity index (χ4n) is 4.37. The van der Waals surface area contributed by atoms with Crippen molar-refractivity contribution in [2.24, 2.45) is 0 Å². The topological polar surface area (TPSA) is 59.6 Å². The Kier molecular flexibility index (Phi) is 4.36. The first-order valence-electron chi connectivity index (χ1n) is 9.58. The van der Waals surface area contributed by atoms with Gasteiger partial charge in [0.25, 0.3) is 5.56 Å². The molecule has 1 unspecified atom stereocenters. The number of aromatic nitrogens is 3. The van der Waals surface area contributed by atoms with E-state index in [1.54, 1.807) is 15.3 Å². The van der Waals surface area contributed by atoms with Crippen molar-refractivity contribution < 1.29 is 4.79 Å². The molecule has 6 nitrogen and oxygen atoms in total. The molecule has 0 radical (unpaired) electrons. The minimum absolute atomic E-state index is 0.0615. The van der Waals surface area contributed by atoms with Gasteiger partial charge in [0.1, 0.15) is 12.1 Å². The number of aryl methyl sites for hydroxylation is 2. The zero-order chi connectivity index (χ0) is 17.4. The SMILES string of the molecule is CCC1CCCCN1C(=O)Cn1ccn2nc3c(c2c1=O)CCCC3. The normalized spacial score (nSPS) is 20.7. The van der Waals surface area contributed by atoms with Crippen LogP contribution in [0.4, 0.5) is 0 Å². The Morgan fingerprint density at radius 3 is 2.88 bits per heavy atom. The molecule has 0 spiro atoms. The highest BCUT2D eigenvalue weighted by molar-refractivity contribution is 5.76. The molecule has 6 heteroatoms. The second kappa shape index (κ2) is 6.65. The summed E-state index contributed by atoms with van der Waals surface area (Å²) < 4.78 is 3.27. The molecule has 134 valence electrons. The van der Waals surface area contributed by atoms with E-state index in [-0.39, 0.29) is 18.0 Å². The van der Waals surface area contributed by atoms with Crippen LogP contribution in [-0.2, 0) is 24.2 Å². The first-order valence-corrected chi connectivity index (χ1v) is 9.58. The minimum atomic E-state index is -0.0865. The van der Waals surface area contributed by atoms with E-state index in [1.165, 1.54) is 6.42 Å². The van der Waals surface area contributed by atoms with Crippen LogP contribution in [0.3, 0.4) is 0 Å². The van der Waals surface area contributed by atoms with Gasteiger partial charge in [-0.05, 0) is 51.4 Å². The standard InChI is InChI=1S/C19H26N4O2/c1-2-14-7-5-6-10-22(14)17(24)13-21-11-12-23-18(19(21)25)15-8-3-4-9-16(15)20-23/h11-12,14H,2-10,13H2,1H3. The molecule has 0 saturated carbocycles. The molecule has 2 aromatic heterocycles. The van der Waals surface area contributed by atoms with Gasteiger partial charge in [0, 0.05) is 30.5 Å². The van der Waals surface area contributed by atoms with Crippen LogP contribution in [-0.4, -0.2) is 37.6 Å². The van der Waals surface area contributed by atoms with Crippen molar-refractivity contribution in [3.8, 4) is 0 Å². The quantitative estimate of drug-likeness (QED) is 0.859. The molecule has 1 aliphatic carbocycles. The molecule has 0 aromatic carbocycles. The summed E-state index contributed by atoms with van der Waals surface area (Å²) in [7, 11) is 0. The van der Waals surface area contributed by atoms with Crippen molar-refractivity contribution in [1.29, 1.82) is 0 Å². The summed E-state index contributed by atoms with van der Waals surface area (Å²) in [6, 6.07) is 0.323. The number of rotatable bonds is 3. The molecule has 1 aliphatic heterocycles. The van der Waals surface area contributed by atoms with Gasteiger partial charge in [0.2, 0.25) is 5.91 Å². The van der Waals surface area contributed by atoms with E-state index in [4.69, 9.17) is 0 Å². The second-order valence-electron chi connectivity index (χ2n) is 7.30. The largest absolute Gasteiger partial charge is 0.338 e. The monoisotopic (exact) mass is 342 g/mol. The third kappa shape index (κ3) is 2.87. The van der Waals surface area contributed by atoms with E-state index in [2.05, 4.69) is 12.0 Å². The average molecular weight is 342 g/mol. The molecule has 2 aliphatic rings. The van der Waals surface area contributed by atoms with E-state index >= 15 is 0 Å². The van der Waals surface area contributed by atoms with Crippen molar-refractivity contribution in [1.82, 2.24) is 19.1 Å². The Hall–Kier alpha value is -2.11. The maximum atomic E-state index is 13.0. The summed E-state index contributed by atoms with van der Waals surface area (Å²) in [5, 5.41) is 4.56. The van der Waals surface area contributed by atoms with Crippen LogP contribution >= 0.6 is 0 Å². The van der Waals surface area contributed by atoms with Crippen LogP contribution in [0.5, 0.6) is 0 Å². The smallest absolute Gasteiger partial charge is 0.277 e. The highest BCUT2D eigenvalue weighted by Gasteiger charge is 2.26. The summed E-state index contributed by atoms with van der Waals surface area (Å²) in [6.45, 7) is 3.08. The van der Waals surface area contributed by atoms with Gasteiger partial charge >= 0.3 is 0 Å². The first kappa shape index (κ1) is 16.4. The van der Waals surface area contributed by atoms with Gasteiger partial charge in [-0.15, -0.1) is 0 Å². The second-order valence-corrected chi connectivity index (χ2v) is 7.30. The predicted molar refractivity (Wildman–Crippen MR) is 95.7 cm³/mol. The zero-order valence-electron chi connectivity index (χ0n) is 14.9. The number of carbonyl (C=O) groups is 1. The van der Waals surface area contributed by atoms with Gasteiger partial charge in [-0.1, -0.05) is 6.92 Å². The van der Waals surface area contributed by atoms with Crippen LogP contribution < -0.4 is 5.56 Å². The molecule has 1 atom stereocenters. The van der Waals surface area contributed by atoms with E-state index in [0.29, 0.717) is 11.6 Å². The molecule has 25 heavy (non-hydrogen) atoms. The summed E-state index contributed by atoms with van der Waals surface area (Å²) in [5.41, 5.74) is 2.71. The van der Waals surface area contributed by atoms with Crippen LogP contribution in [0.25, 0.3) is 5.52 Å². The van der Waals surface area contributed by atoms with Crippen LogP contribution in [0, 0.1) is 0 Å². The van der Waals surface area contributed by atoms with Gasteiger partial charge in [-0.25, -0.2) is 4.52 Å². The van der Waals surface area contributed by atoms with Crippen LogP contribution in [0.2, 0.25) is 0 Å². The molecule has 3 heterocycles. The molecular formula is C19H26N4O2. The maximum absolute atomic E-state index is 13.0. The van der Waals surface area contributed by atoms with Crippen molar-refractivity contribution in [3.63, 3.8) is 0 Å². The minimum Gasteiger partial charge on any atom is -0.338 e. The van der Waals surface area contributed by atoms with Crippen LogP contribution in [0.1, 0.15) is 56.7 Å². The molecular weight excluding hydrogens is 316 g/mol. The van der Waals surface area contributed by atoms with Gasteiger partial charge in [0.05, 0.1) is 5.69 Å². The van der Waals surface area contributed by atoms with Crippen molar-refractivity contribution >= 4 is 11.4 Å². The lowest BCUT2D eigenvalue weighted by atomic mass is 9.97. The number of nitrogens with zero attached hydrogens (tertiary/aromatic N) is 4. The number of hydrogen-bond acceptors (Lipinski definition) is 3. The molecule has 1 fully saturated rings. The van der Waals surface area contributed by atoms with Gasteiger partial charge in [-0.3, -0.25) is 9.59 Å². The molecule has 0 N–H and O–H groups in total. The molecule has 1 amide bonds. The number of carbonyl (C=O) groups excluding carboxylic acids is 1. The fraction of sp³-hybridized carbons (Fsp3) is 0.632. The van der Waals surface area contributed by atoms with E-state index in [0.717, 1.165) is 62.7 Å². The number of amides is 1. The number of likely N-dealkylation sites (tertiary alicyclic amines) is 1. The third-order valence-corrected chi connectivity index (χ3v) is 5.76. The van der Waals surface area contributed by atoms with Crippen molar-refractivity contribution in [2.45, 2.75) is 70.9 Å². The summed E-state index contributed by atoms with van der Waals surface area (Å²) in [4.78, 5) is 27.7. The van der Waals surface area contributed by atoms with Gasteiger partial charge in [0.15, 0.2) is 0 Å². The summed E-state index contributed by atoms with van der Waals surface area (Å²) in [6.07, 6.45) is 11.9. The van der Waals surface area contributed by atoms with Gasteiger partial charge in [-0.2, -0.15) is 5.10 Å². The Morgan fingerprint density at radius 2 is 2.04 bits per heavy atom. The fourth-order valence-corrected chi connectivity index (χ4v) is 4.37. The summed E-state index contributed by atoms with van der Waals surface area (Å²) >= 11 is 0. The average Bonchev–Trinajstić information content (AvgIpc) is 3.03. The first-order chi connectivity index (χ1) is 12.2. The van der Waals surface area contributed by atoms with E-state index in [1.807, 2.05) is 11.1 Å². The lowest BCUT2D eigenvalue weighted by Gasteiger charge is -2.35. The highest BCUT2D eigenvalue weighted by Crippen LogP contribution is 2.23. The number of piperidine rings is 1. The zero-order valence-corrected chi connectivity index (χ0v) is 14.9. The molecule has 1 saturated heterocycles. The maximum Gasteiger partial charge on any atom is 0.277 e. The van der Waals surface area contributed by atoms with Gasteiger partial charge < -0.3 is 9.47 Å². The Labute approximate surface area is 147 Å². The Balaban J connectivity index is 1.64. The third-order valence-electron chi connectivity index (χ3n) is 5.76. The number of hydrogen-bond donors (Lipinski definition) is 0. The van der Waals surface area contributed by atoms with Crippen molar-refractivity contribution in [2.75, 3.05) is 6.54 Å². The molecule has 2 aromatic rings. The Bertz CT molecular complexity index is 851. The van der Waals surface area contributed by atoms with Crippen molar-refractivity contribution in [3.05, 3.63) is 34.0 Å². The lowest BCUT2D eigenvalue weighted by Crippen LogP contribution is -2.45. The predicted octanol–water partition coefficient (Wildman–Crippen LogP) is 2.17. The molecule has 0 bridgehead atoms. The van der Waals surface area contributed by atoms with E-state index < -0.39 is 0 Å².